The molecule has 1 atom stereocenters. The molecule has 0 saturated heterocycles. The van der Waals surface area contributed by atoms with Crippen molar-refractivity contribution < 1.29 is 0 Å². The summed E-state index contributed by atoms with van der Waals surface area (Å²) in [6.07, 6.45) is 1.19. The number of rotatable bonds is 3. The molecule has 1 N–H and O–H groups in total. The highest BCUT2D eigenvalue weighted by atomic mass is 32.2. The van der Waals surface area contributed by atoms with Crippen LogP contribution in [0, 0.1) is 6.92 Å². The second-order valence-electron chi connectivity index (χ2n) is 5.42. The summed E-state index contributed by atoms with van der Waals surface area (Å²) in [7, 11) is 0. The van der Waals surface area contributed by atoms with Crippen LogP contribution in [0.15, 0.2) is 18.2 Å². The van der Waals surface area contributed by atoms with Crippen LogP contribution in [0.1, 0.15) is 49.9 Å². The number of hydrogen-bond donors (Lipinski definition) is 1. The number of hydrogen-bond acceptors (Lipinski definition) is 2. The number of thioether (sulfide) groups is 1. The number of nitrogens with one attached hydrogen (secondary N) is 1. The number of aryl methyl sites for hydroxylation is 1. The van der Waals surface area contributed by atoms with Crippen molar-refractivity contribution in [1.29, 1.82) is 0 Å². The van der Waals surface area contributed by atoms with E-state index in [-0.39, 0.29) is 4.75 Å². The normalized spacial score (nSPS) is 22.2. The van der Waals surface area contributed by atoms with Gasteiger partial charge in [-0.2, -0.15) is 0 Å². The van der Waals surface area contributed by atoms with Crippen LogP contribution in [-0.2, 0) is 5.75 Å². The van der Waals surface area contributed by atoms with Crippen LogP contribution in [0.3, 0.4) is 0 Å². The molecule has 1 aromatic carbocycles. The monoisotopic (exact) mass is 249 g/mol. The minimum absolute atomic E-state index is 0.288. The Morgan fingerprint density at radius 2 is 2.18 bits per heavy atom. The van der Waals surface area contributed by atoms with E-state index in [0.717, 1.165) is 12.3 Å². The third-order valence-corrected chi connectivity index (χ3v) is 5.05. The summed E-state index contributed by atoms with van der Waals surface area (Å²) in [4.78, 5) is 0. The zero-order valence-corrected chi connectivity index (χ0v) is 12.2. The first-order chi connectivity index (χ1) is 8.06. The quantitative estimate of drug-likeness (QED) is 0.867. The van der Waals surface area contributed by atoms with Crippen molar-refractivity contribution in [2.45, 2.75) is 50.7 Å². The molecule has 1 aliphatic rings. The molecule has 1 heterocycles. The van der Waals surface area contributed by atoms with Crippen molar-refractivity contribution in [3.63, 3.8) is 0 Å². The van der Waals surface area contributed by atoms with Gasteiger partial charge in [-0.3, -0.25) is 0 Å². The second kappa shape index (κ2) is 5.03. The predicted molar refractivity (Wildman–Crippen MR) is 77.6 cm³/mol. The molecular formula is C15H23NS. The van der Waals surface area contributed by atoms with E-state index in [1.54, 1.807) is 5.56 Å². The van der Waals surface area contributed by atoms with E-state index in [1.165, 1.54) is 17.5 Å². The maximum absolute atomic E-state index is 3.72. The third-order valence-electron chi connectivity index (χ3n) is 3.64. The Hall–Kier alpha value is -0.470. The lowest BCUT2D eigenvalue weighted by Gasteiger charge is -2.40. The van der Waals surface area contributed by atoms with E-state index < -0.39 is 0 Å². The Labute approximate surface area is 109 Å². The highest BCUT2D eigenvalue weighted by Gasteiger charge is 2.36. The average molecular weight is 249 g/mol. The highest BCUT2D eigenvalue weighted by molar-refractivity contribution is 8.00. The van der Waals surface area contributed by atoms with Gasteiger partial charge >= 0.3 is 0 Å². The first kappa shape index (κ1) is 13.0. The first-order valence-corrected chi connectivity index (χ1v) is 7.50. The van der Waals surface area contributed by atoms with Gasteiger partial charge in [0.1, 0.15) is 0 Å². The predicted octanol–water partition coefficient (Wildman–Crippen LogP) is 4.06. The number of fused-ring (bicyclic) bond motifs is 1. The summed E-state index contributed by atoms with van der Waals surface area (Å²) < 4.78 is 0.288. The van der Waals surface area contributed by atoms with E-state index in [0.29, 0.717) is 6.04 Å². The molecule has 0 radical (unpaired) electrons. The molecule has 0 aliphatic carbocycles. The Kier molecular flexibility index (Phi) is 3.84. The van der Waals surface area contributed by atoms with Crippen LogP contribution >= 0.6 is 11.8 Å². The van der Waals surface area contributed by atoms with Gasteiger partial charge in [-0.25, -0.2) is 0 Å². The molecular weight excluding hydrogens is 226 g/mol. The molecule has 17 heavy (non-hydrogen) atoms. The van der Waals surface area contributed by atoms with Gasteiger partial charge in [-0.15, -0.1) is 11.8 Å². The molecule has 1 unspecified atom stereocenters. The Balaban J connectivity index is 2.37. The van der Waals surface area contributed by atoms with Gasteiger partial charge in [-0.1, -0.05) is 25.1 Å². The maximum atomic E-state index is 3.72. The van der Waals surface area contributed by atoms with E-state index >= 15 is 0 Å². The zero-order valence-electron chi connectivity index (χ0n) is 11.3. The van der Waals surface area contributed by atoms with Gasteiger partial charge in [0, 0.05) is 16.5 Å². The Bertz CT molecular complexity index is 398. The lowest BCUT2D eigenvalue weighted by atomic mass is 9.89. The van der Waals surface area contributed by atoms with Crippen molar-refractivity contribution in [3.05, 3.63) is 34.9 Å². The first-order valence-electron chi connectivity index (χ1n) is 6.52. The second-order valence-corrected chi connectivity index (χ2v) is 7.05. The van der Waals surface area contributed by atoms with Crippen LogP contribution in [0.25, 0.3) is 0 Å². The van der Waals surface area contributed by atoms with Gasteiger partial charge in [0.15, 0.2) is 0 Å². The summed E-state index contributed by atoms with van der Waals surface area (Å²) in [5, 5.41) is 3.72. The summed E-state index contributed by atoms with van der Waals surface area (Å²) >= 11 is 2.07. The van der Waals surface area contributed by atoms with Crippen LogP contribution in [-0.4, -0.2) is 11.3 Å². The Morgan fingerprint density at radius 1 is 1.41 bits per heavy atom. The molecule has 0 bridgehead atoms. The summed E-state index contributed by atoms with van der Waals surface area (Å²) in [5.41, 5.74) is 4.50. The van der Waals surface area contributed by atoms with Gasteiger partial charge in [0.2, 0.25) is 0 Å². The summed E-state index contributed by atoms with van der Waals surface area (Å²) in [5.74, 6) is 1.15. The molecule has 2 heteroatoms. The van der Waals surface area contributed by atoms with Crippen LogP contribution in [0.4, 0.5) is 0 Å². The van der Waals surface area contributed by atoms with Crippen LogP contribution in [0.5, 0.6) is 0 Å². The summed E-state index contributed by atoms with van der Waals surface area (Å²) in [6, 6.07) is 7.21. The molecule has 1 aromatic rings. The van der Waals surface area contributed by atoms with Gasteiger partial charge < -0.3 is 5.32 Å². The molecule has 0 aromatic heterocycles. The zero-order chi connectivity index (χ0) is 12.5. The molecule has 1 nitrogen and oxygen atoms in total. The summed E-state index contributed by atoms with van der Waals surface area (Å²) in [6.45, 7) is 10.3. The molecule has 94 valence electrons. The van der Waals surface area contributed by atoms with Crippen LogP contribution < -0.4 is 5.32 Å². The van der Waals surface area contributed by atoms with Crippen molar-refractivity contribution in [1.82, 2.24) is 5.32 Å². The number of benzene rings is 1. The molecule has 0 fully saturated rings. The standard InChI is InChI=1S/C15H23NS/c1-5-9-16-14-12-8-6-7-11(2)13(12)10-17-15(14,3)4/h6-8,14,16H,5,9-10H2,1-4H3. The third kappa shape index (κ3) is 2.53. The van der Waals surface area contributed by atoms with Gasteiger partial charge in [-0.05, 0) is 50.4 Å². The van der Waals surface area contributed by atoms with Crippen molar-refractivity contribution >= 4 is 11.8 Å². The van der Waals surface area contributed by atoms with E-state index in [2.05, 4.69) is 63.0 Å². The lowest BCUT2D eigenvalue weighted by molar-refractivity contribution is 0.439. The van der Waals surface area contributed by atoms with Crippen LogP contribution in [0.2, 0.25) is 0 Å². The van der Waals surface area contributed by atoms with E-state index in [4.69, 9.17) is 0 Å². The SMILES string of the molecule is CCCNC1c2cccc(C)c2CSC1(C)C. The Morgan fingerprint density at radius 3 is 2.88 bits per heavy atom. The van der Waals surface area contributed by atoms with E-state index in [9.17, 15) is 0 Å². The van der Waals surface area contributed by atoms with Crippen molar-refractivity contribution in [3.8, 4) is 0 Å². The van der Waals surface area contributed by atoms with Gasteiger partial charge in [0.05, 0.1) is 0 Å². The van der Waals surface area contributed by atoms with E-state index in [1.807, 2.05) is 0 Å². The minimum Gasteiger partial charge on any atom is -0.309 e. The lowest BCUT2D eigenvalue weighted by Crippen LogP contribution is -2.40. The fourth-order valence-corrected chi connectivity index (χ4v) is 3.84. The van der Waals surface area contributed by atoms with Crippen molar-refractivity contribution in [2.75, 3.05) is 6.54 Å². The van der Waals surface area contributed by atoms with Gasteiger partial charge in [0.25, 0.3) is 0 Å². The molecule has 0 amide bonds. The fraction of sp³-hybridized carbons (Fsp3) is 0.600. The topological polar surface area (TPSA) is 12.0 Å². The average Bonchev–Trinajstić information content (AvgIpc) is 2.27. The highest BCUT2D eigenvalue weighted by Crippen LogP contribution is 2.46. The largest absolute Gasteiger partial charge is 0.309 e. The molecule has 1 aliphatic heterocycles. The smallest absolute Gasteiger partial charge is 0.0467 e. The fourth-order valence-electron chi connectivity index (χ4n) is 2.55. The molecule has 2 rings (SSSR count). The maximum Gasteiger partial charge on any atom is 0.0467 e. The minimum atomic E-state index is 0.288. The molecule has 0 saturated carbocycles. The molecule has 0 spiro atoms. The van der Waals surface area contributed by atoms with Crippen molar-refractivity contribution in [2.24, 2.45) is 0 Å².